The van der Waals surface area contributed by atoms with Crippen molar-refractivity contribution >= 4 is 46.6 Å². The van der Waals surface area contributed by atoms with Crippen LogP contribution in [0.1, 0.15) is 12.8 Å². The number of likely N-dealkylation sites (N-methyl/N-ethyl adjacent to an activating group) is 1. The highest BCUT2D eigenvalue weighted by Crippen LogP contribution is 2.29. The number of nitrogens with one attached hydrogen (secondary N) is 2. The zero-order valence-corrected chi connectivity index (χ0v) is 16.1. The summed E-state index contributed by atoms with van der Waals surface area (Å²) in [4.78, 5) is 38.1. The summed E-state index contributed by atoms with van der Waals surface area (Å²) in [5, 5.41) is 3.30. The lowest BCUT2D eigenvalue weighted by Crippen LogP contribution is -3.14. The molecule has 0 radical (unpaired) electrons. The van der Waals surface area contributed by atoms with E-state index < -0.39 is 0 Å². The molecule has 1 aliphatic heterocycles. The van der Waals surface area contributed by atoms with Gasteiger partial charge in [0.2, 0.25) is 11.8 Å². The lowest BCUT2D eigenvalue weighted by Gasteiger charge is -2.28. The number of hydrogen-bond donors (Lipinski definition) is 3. The number of para-hydroxylation sites is 1. The second-order valence-corrected chi connectivity index (χ2v) is 7.31. The Morgan fingerprint density at radius 3 is 2.35 bits per heavy atom. The first-order chi connectivity index (χ1) is 12.3. The van der Waals surface area contributed by atoms with Crippen molar-refractivity contribution in [3.05, 3.63) is 28.2 Å². The molecule has 4 N–H and O–H groups in total. The normalized spacial score (nSPS) is 19.7. The fourth-order valence-electron chi connectivity index (χ4n) is 2.94. The molecule has 0 aromatic heterocycles. The van der Waals surface area contributed by atoms with E-state index in [1.165, 1.54) is 4.90 Å². The molecule has 0 aliphatic carbocycles. The second-order valence-electron chi connectivity index (χ2n) is 6.50. The summed E-state index contributed by atoms with van der Waals surface area (Å²) in [6.45, 7) is 1.61. The quantitative estimate of drug-likeness (QED) is 0.633. The van der Waals surface area contributed by atoms with Gasteiger partial charge in [0, 0.05) is 25.8 Å². The zero-order chi connectivity index (χ0) is 19.3. The number of hydrogen-bond acceptors (Lipinski definition) is 3. The van der Waals surface area contributed by atoms with Crippen LogP contribution in [-0.2, 0) is 14.4 Å². The van der Waals surface area contributed by atoms with Crippen molar-refractivity contribution in [3.8, 4) is 0 Å². The highest BCUT2D eigenvalue weighted by atomic mass is 35.5. The Morgan fingerprint density at radius 1 is 1.23 bits per heavy atom. The molecule has 1 fully saturated rings. The van der Waals surface area contributed by atoms with Crippen molar-refractivity contribution in [1.29, 1.82) is 0 Å². The van der Waals surface area contributed by atoms with Gasteiger partial charge >= 0.3 is 0 Å². The van der Waals surface area contributed by atoms with E-state index in [9.17, 15) is 14.4 Å². The van der Waals surface area contributed by atoms with Crippen molar-refractivity contribution < 1.29 is 19.3 Å². The van der Waals surface area contributed by atoms with Crippen molar-refractivity contribution in [1.82, 2.24) is 4.90 Å². The number of nitrogens with two attached hydrogens (primary N) is 1. The van der Waals surface area contributed by atoms with Gasteiger partial charge in [-0.3, -0.25) is 14.4 Å². The highest BCUT2D eigenvalue weighted by molar-refractivity contribution is 6.39. The van der Waals surface area contributed by atoms with Crippen LogP contribution in [0.5, 0.6) is 0 Å². The number of quaternary nitrogens is 1. The van der Waals surface area contributed by atoms with Gasteiger partial charge in [-0.15, -0.1) is 0 Å². The third-order valence-electron chi connectivity index (χ3n) is 4.53. The van der Waals surface area contributed by atoms with Crippen molar-refractivity contribution in [2.75, 3.05) is 38.5 Å². The van der Waals surface area contributed by atoms with Crippen LogP contribution in [0.2, 0.25) is 10.0 Å². The number of likely N-dealkylation sites (tertiary alicyclic amines) is 1. The molecule has 142 valence electrons. The Labute approximate surface area is 162 Å². The number of anilines is 1. The summed E-state index contributed by atoms with van der Waals surface area (Å²) in [7, 11) is 1.58. The third-order valence-corrected chi connectivity index (χ3v) is 5.16. The van der Waals surface area contributed by atoms with Gasteiger partial charge in [-0.2, -0.15) is 0 Å². The molecule has 0 atom stereocenters. The average Bonchev–Trinajstić information content (AvgIpc) is 2.58. The predicted molar refractivity (Wildman–Crippen MR) is 100 cm³/mol. The van der Waals surface area contributed by atoms with E-state index in [0.29, 0.717) is 41.7 Å². The number of carbonyl (C=O) groups excluding carboxylic acids is 3. The number of rotatable bonds is 6. The Kier molecular flexibility index (Phi) is 7.25. The maximum absolute atomic E-state index is 12.3. The van der Waals surface area contributed by atoms with Gasteiger partial charge in [-0.25, -0.2) is 0 Å². The van der Waals surface area contributed by atoms with Crippen molar-refractivity contribution in [2.24, 2.45) is 11.7 Å². The molecule has 0 unspecified atom stereocenters. The molecule has 0 spiro atoms. The zero-order valence-electron chi connectivity index (χ0n) is 14.6. The van der Waals surface area contributed by atoms with Crippen molar-refractivity contribution in [3.63, 3.8) is 0 Å². The number of nitrogens with zero attached hydrogens (tertiary/aromatic N) is 1. The fourth-order valence-corrected chi connectivity index (χ4v) is 3.43. The van der Waals surface area contributed by atoms with E-state index in [1.54, 1.807) is 25.2 Å². The summed E-state index contributed by atoms with van der Waals surface area (Å²) < 4.78 is 0. The summed E-state index contributed by atoms with van der Waals surface area (Å²) in [6.07, 6.45) is 1.38. The SMILES string of the molecule is CN(CC(=O)Nc1c(Cl)cccc1Cl)C(=O)C[NH+]1CCC(C(N)=O)CC1. The third kappa shape index (κ3) is 5.59. The van der Waals surface area contributed by atoms with Crippen LogP contribution in [-0.4, -0.2) is 55.8 Å². The monoisotopic (exact) mass is 401 g/mol. The first-order valence-corrected chi connectivity index (χ1v) is 9.14. The Bertz CT molecular complexity index is 670. The van der Waals surface area contributed by atoms with E-state index in [0.717, 1.165) is 4.90 Å². The molecular weight excluding hydrogens is 379 g/mol. The topological polar surface area (TPSA) is 96.9 Å². The number of primary amides is 1. The van der Waals surface area contributed by atoms with Crippen LogP contribution in [0, 0.1) is 5.92 Å². The van der Waals surface area contributed by atoms with E-state index in [1.807, 2.05) is 0 Å². The molecule has 1 heterocycles. The molecule has 2 rings (SSSR count). The smallest absolute Gasteiger partial charge is 0.277 e. The van der Waals surface area contributed by atoms with E-state index >= 15 is 0 Å². The molecule has 1 aromatic rings. The van der Waals surface area contributed by atoms with E-state index in [4.69, 9.17) is 28.9 Å². The van der Waals surface area contributed by atoms with Crippen LogP contribution < -0.4 is 16.0 Å². The first-order valence-electron chi connectivity index (χ1n) is 8.38. The van der Waals surface area contributed by atoms with Gasteiger partial charge in [0.1, 0.15) is 0 Å². The van der Waals surface area contributed by atoms with Gasteiger partial charge in [0.25, 0.3) is 5.91 Å². The number of piperidine rings is 1. The predicted octanol–water partition coefficient (Wildman–Crippen LogP) is 0.171. The van der Waals surface area contributed by atoms with Crippen molar-refractivity contribution in [2.45, 2.75) is 12.8 Å². The van der Waals surface area contributed by atoms with Gasteiger partial charge < -0.3 is 20.9 Å². The number of carbonyl (C=O) groups is 3. The highest BCUT2D eigenvalue weighted by Gasteiger charge is 2.28. The first kappa shape index (κ1) is 20.5. The summed E-state index contributed by atoms with van der Waals surface area (Å²) >= 11 is 12.0. The van der Waals surface area contributed by atoms with Crippen LogP contribution in [0.25, 0.3) is 0 Å². The minimum absolute atomic E-state index is 0.0993. The number of halogens is 2. The average molecular weight is 402 g/mol. The molecule has 1 aliphatic rings. The molecule has 1 aromatic carbocycles. The van der Waals surface area contributed by atoms with Gasteiger partial charge in [-0.1, -0.05) is 29.3 Å². The maximum atomic E-state index is 12.3. The van der Waals surface area contributed by atoms with Crippen LogP contribution in [0.15, 0.2) is 18.2 Å². The van der Waals surface area contributed by atoms with E-state index in [-0.39, 0.29) is 36.7 Å². The van der Waals surface area contributed by atoms with Gasteiger partial charge in [0.15, 0.2) is 6.54 Å². The Balaban J connectivity index is 1.81. The van der Waals surface area contributed by atoms with Gasteiger partial charge in [0.05, 0.1) is 35.4 Å². The number of amides is 3. The molecule has 1 saturated heterocycles. The molecule has 26 heavy (non-hydrogen) atoms. The molecule has 0 bridgehead atoms. The molecule has 3 amide bonds. The Morgan fingerprint density at radius 2 is 1.81 bits per heavy atom. The summed E-state index contributed by atoms with van der Waals surface area (Å²) in [6, 6.07) is 4.92. The summed E-state index contributed by atoms with van der Waals surface area (Å²) in [5.41, 5.74) is 5.65. The largest absolute Gasteiger partial charge is 0.369 e. The lowest BCUT2D eigenvalue weighted by atomic mass is 9.96. The molecule has 9 heteroatoms. The van der Waals surface area contributed by atoms with Crippen LogP contribution in [0.3, 0.4) is 0 Å². The lowest BCUT2D eigenvalue weighted by molar-refractivity contribution is -0.898. The molecular formula is C17H23Cl2N4O3+. The molecule has 0 saturated carbocycles. The molecule has 7 nitrogen and oxygen atoms in total. The minimum Gasteiger partial charge on any atom is -0.369 e. The van der Waals surface area contributed by atoms with E-state index in [2.05, 4.69) is 5.32 Å². The minimum atomic E-state index is -0.377. The maximum Gasteiger partial charge on any atom is 0.277 e. The van der Waals surface area contributed by atoms with Gasteiger partial charge in [-0.05, 0) is 12.1 Å². The van der Waals surface area contributed by atoms with Crippen LogP contribution >= 0.6 is 23.2 Å². The Hall–Kier alpha value is -1.83. The summed E-state index contributed by atoms with van der Waals surface area (Å²) in [5.74, 6) is -0.892. The fraction of sp³-hybridized carbons (Fsp3) is 0.471. The van der Waals surface area contributed by atoms with Crippen LogP contribution in [0.4, 0.5) is 5.69 Å². The number of benzene rings is 1. The standard InChI is InChI=1S/C17H22Cl2N4O3/c1-22(9-14(24)21-16-12(18)3-2-4-13(16)19)15(25)10-23-7-5-11(6-8-23)17(20)26/h2-4,11H,5-10H2,1H3,(H2,20,26)(H,21,24)/p+1. The second kappa shape index (κ2) is 9.21.